The number of anilines is 1. The predicted molar refractivity (Wildman–Crippen MR) is 101 cm³/mol. The largest absolute Gasteiger partial charge is 0.436 e. The molecule has 0 radical (unpaired) electrons. The van der Waals surface area contributed by atoms with Gasteiger partial charge in [0.1, 0.15) is 0 Å². The van der Waals surface area contributed by atoms with Crippen molar-refractivity contribution in [2.45, 2.75) is 37.7 Å². The number of halogens is 1. The third-order valence-electron chi connectivity index (χ3n) is 5.02. The van der Waals surface area contributed by atoms with Crippen LogP contribution in [0.3, 0.4) is 0 Å². The maximum Gasteiger partial charge on any atom is 0.419 e. The average Bonchev–Trinajstić information content (AvgIpc) is 2.88. The van der Waals surface area contributed by atoms with E-state index in [1.165, 1.54) is 6.42 Å². The molecule has 0 atom stereocenters. The van der Waals surface area contributed by atoms with E-state index in [1.807, 2.05) is 42.5 Å². The molecule has 1 saturated heterocycles. The van der Waals surface area contributed by atoms with E-state index in [9.17, 15) is 4.79 Å². The van der Waals surface area contributed by atoms with Crippen LogP contribution in [0.1, 0.15) is 37.7 Å². The second-order valence-electron chi connectivity index (χ2n) is 6.68. The van der Waals surface area contributed by atoms with Crippen molar-refractivity contribution in [1.82, 2.24) is 0 Å². The molecule has 2 fully saturated rings. The van der Waals surface area contributed by atoms with Gasteiger partial charge < -0.3 is 4.74 Å². The zero-order chi connectivity index (χ0) is 17.3. The van der Waals surface area contributed by atoms with Crippen molar-refractivity contribution in [3.05, 3.63) is 70.9 Å². The molecule has 0 N–H and O–H groups in total. The third-order valence-corrected chi connectivity index (χ3v) is 5.27. The molecule has 25 heavy (non-hydrogen) atoms. The second-order valence-corrected chi connectivity index (χ2v) is 7.11. The van der Waals surface area contributed by atoms with Crippen molar-refractivity contribution in [2.24, 2.45) is 0 Å². The molecule has 1 spiro atoms. The van der Waals surface area contributed by atoms with Gasteiger partial charge in [0.2, 0.25) is 0 Å². The summed E-state index contributed by atoms with van der Waals surface area (Å²) in [6.45, 7) is 0. The molecule has 0 bridgehead atoms. The molecule has 3 nitrogen and oxygen atoms in total. The molecule has 1 amide bonds. The molecule has 0 unspecified atom stereocenters. The molecule has 2 aliphatic rings. The lowest BCUT2D eigenvalue weighted by atomic mass is 9.81. The summed E-state index contributed by atoms with van der Waals surface area (Å²) >= 11 is 6.01. The molecule has 128 valence electrons. The molecular weight excluding hydrogens is 334 g/mol. The minimum absolute atomic E-state index is 0.300. The number of rotatable bonds is 2. The number of benzene rings is 2. The molecule has 1 heterocycles. The van der Waals surface area contributed by atoms with Gasteiger partial charge >= 0.3 is 6.09 Å². The van der Waals surface area contributed by atoms with Crippen LogP contribution in [0.2, 0.25) is 5.02 Å². The minimum atomic E-state index is -0.509. The molecule has 2 aromatic rings. The SMILES string of the molecule is O=C1OC2(CCCCC2)/C(=C/c2ccccc2)N1c1ccc(Cl)cc1. The molecule has 1 saturated carbocycles. The van der Waals surface area contributed by atoms with Crippen LogP contribution in [0.5, 0.6) is 0 Å². The minimum Gasteiger partial charge on any atom is -0.436 e. The summed E-state index contributed by atoms with van der Waals surface area (Å²) in [7, 11) is 0. The van der Waals surface area contributed by atoms with Crippen LogP contribution >= 0.6 is 11.6 Å². The Morgan fingerprint density at radius 2 is 1.64 bits per heavy atom. The quantitative estimate of drug-likeness (QED) is 0.658. The van der Waals surface area contributed by atoms with Crippen molar-refractivity contribution in [3.8, 4) is 0 Å². The van der Waals surface area contributed by atoms with Gasteiger partial charge in [-0.05, 0) is 61.6 Å². The number of ether oxygens (including phenoxy) is 1. The lowest BCUT2D eigenvalue weighted by Crippen LogP contribution is -2.34. The molecule has 0 aromatic heterocycles. The van der Waals surface area contributed by atoms with E-state index in [-0.39, 0.29) is 6.09 Å². The monoisotopic (exact) mass is 353 g/mol. The van der Waals surface area contributed by atoms with Crippen LogP contribution in [-0.4, -0.2) is 11.7 Å². The smallest absolute Gasteiger partial charge is 0.419 e. The van der Waals surface area contributed by atoms with E-state index in [4.69, 9.17) is 16.3 Å². The van der Waals surface area contributed by atoms with Gasteiger partial charge in [0.25, 0.3) is 0 Å². The summed E-state index contributed by atoms with van der Waals surface area (Å²) in [4.78, 5) is 14.5. The Hall–Kier alpha value is -2.26. The third kappa shape index (κ3) is 3.05. The lowest BCUT2D eigenvalue weighted by Gasteiger charge is -2.33. The zero-order valence-corrected chi connectivity index (χ0v) is 14.7. The van der Waals surface area contributed by atoms with Crippen LogP contribution in [0.25, 0.3) is 6.08 Å². The first-order valence-electron chi connectivity index (χ1n) is 8.74. The van der Waals surface area contributed by atoms with Crippen molar-refractivity contribution in [3.63, 3.8) is 0 Å². The Bertz CT molecular complexity index is 792. The van der Waals surface area contributed by atoms with E-state index in [0.29, 0.717) is 5.02 Å². The Balaban J connectivity index is 1.82. The van der Waals surface area contributed by atoms with Crippen LogP contribution in [0.15, 0.2) is 60.3 Å². The van der Waals surface area contributed by atoms with Gasteiger partial charge in [-0.1, -0.05) is 48.4 Å². The number of hydrogen-bond acceptors (Lipinski definition) is 2. The van der Waals surface area contributed by atoms with Gasteiger partial charge in [-0.25, -0.2) is 9.69 Å². The summed E-state index contributed by atoms with van der Waals surface area (Å²) < 4.78 is 5.96. The summed E-state index contributed by atoms with van der Waals surface area (Å²) in [6, 6.07) is 17.4. The van der Waals surface area contributed by atoms with E-state index in [2.05, 4.69) is 6.08 Å². The first kappa shape index (κ1) is 16.2. The summed E-state index contributed by atoms with van der Waals surface area (Å²) in [6.07, 6.45) is 6.89. The first-order valence-corrected chi connectivity index (χ1v) is 9.12. The first-order chi connectivity index (χ1) is 12.2. The van der Waals surface area contributed by atoms with Gasteiger partial charge in [-0.2, -0.15) is 0 Å². The normalized spacial score (nSPS) is 20.9. The van der Waals surface area contributed by atoms with Crippen molar-refractivity contribution in [2.75, 3.05) is 4.90 Å². The Morgan fingerprint density at radius 3 is 2.32 bits per heavy atom. The van der Waals surface area contributed by atoms with Crippen molar-refractivity contribution in [1.29, 1.82) is 0 Å². The highest BCUT2D eigenvalue weighted by Crippen LogP contribution is 2.46. The molecule has 4 rings (SSSR count). The van der Waals surface area contributed by atoms with E-state index >= 15 is 0 Å². The molecule has 2 aromatic carbocycles. The average molecular weight is 354 g/mol. The number of carbonyl (C=O) groups excluding carboxylic acids is 1. The topological polar surface area (TPSA) is 29.5 Å². The number of carbonyl (C=O) groups is 1. The fourth-order valence-corrected chi connectivity index (χ4v) is 3.91. The Morgan fingerprint density at radius 1 is 0.960 bits per heavy atom. The van der Waals surface area contributed by atoms with E-state index < -0.39 is 5.60 Å². The van der Waals surface area contributed by atoms with Crippen LogP contribution in [-0.2, 0) is 4.74 Å². The van der Waals surface area contributed by atoms with Crippen molar-refractivity contribution >= 4 is 29.5 Å². The maximum atomic E-state index is 12.8. The van der Waals surface area contributed by atoms with Crippen molar-refractivity contribution < 1.29 is 9.53 Å². The van der Waals surface area contributed by atoms with E-state index in [1.54, 1.807) is 17.0 Å². The molecular formula is C21H20ClNO2. The van der Waals surface area contributed by atoms with Gasteiger partial charge in [0.15, 0.2) is 5.60 Å². The van der Waals surface area contributed by atoms with Gasteiger partial charge in [0.05, 0.1) is 11.4 Å². The van der Waals surface area contributed by atoms with Gasteiger partial charge in [-0.3, -0.25) is 0 Å². The predicted octanol–water partition coefficient (Wildman–Crippen LogP) is 6.04. The maximum absolute atomic E-state index is 12.8. The lowest BCUT2D eigenvalue weighted by molar-refractivity contribution is 0.0415. The van der Waals surface area contributed by atoms with E-state index in [0.717, 1.165) is 42.6 Å². The van der Waals surface area contributed by atoms with Crippen LogP contribution in [0.4, 0.5) is 10.5 Å². The van der Waals surface area contributed by atoms with Crippen LogP contribution in [0, 0.1) is 0 Å². The Kier molecular flexibility index (Phi) is 4.26. The fourth-order valence-electron chi connectivity index (χ4n) is 3.79. The highest BCUT2D eigenvalue weighted by molar-refractivity contribution is 6.30. The highest BCUT2D eigenvalue weighted by atomic mass is 35.5. The molecule has 1 aliphatic carbocycles. The number of hydrogen-bond donors (Lipinski definition) is 0. The highest BCUT2D eigenvalue weighted by Gasteiger charge is 2.50. The zero-order valence-electron chi connectivity index (χ0n) is 14.0. The number of amides is 1. The summed E-state index contributed by atoms with van der Waals surface area (Å²) in [5, 5.41) is 0.650. The molecule has 1 aliphatic heterocycles. The second kappa shape index (κ2) is 6.57. The Labute approximate surface area is 152 Å². The van der Waals surface area contributed by atoms with Crippen LogP contribution < -0.4 is 4.90 Å². The molecule has 4 heteroatoms. The summed E-state index contributed by atoms with van der Waals surface area (Å²) in [5.74, 6) is 0. The standard InChI is InChI=1S/C21H20ClNO2/c22-17-9-11-18(12-10-17)23-19(15-16-7-3-1-4-8-16)21(25-20(23)24)13-5-2-6-14-21/h1,3-4,7-12,15H,2,5-6,13-14H2/b19-15-. The van der Waals surface area contributed by atoms with Gasteiger partial charge in [0, 0.05) is 5.02 Å². The van der Waals surface area contributed by atoms with Gasteiger partial charge in [-0.15, -0.1) is 0 Å². The fraction of sp³-hybridized carbons (Fsp3) is 0.286. The summed E-state index contributed by atoms with van der Waals surface area (Å²) in [5.41, 5.74) is 2.29. The number of nitrogens with zero attached hydrogens (tertiary/aromatic N) is 1.